The number of halogens is 1. The van der Waals surface area contributed by atoms with Crippen molar-refractivity contribution in [1.29, 1.82) is 0 Å². The molecular formula is HBiIKO2. The molecule has 0 aromatic carbocycles. The van der Waals surface area contributed by atoms with Crippen molar-refractivity contribution in [3.63, 3.8) is 0 Å². The van der Waals surface area contributed by atoms with E-state index in [1.807, 2.05) is 0 Å². The zero-order valence-electron chi connectivity index (χ0n) is 1.64. The summed E-state index contributed by atoms with van der Waals surface area (Å²) in [6, 6.07) is 0. The molecule has 0 rings (SSSR count). The fourth-order valence-corrected chi connectivity index (χ4v) is 0. The van der Waals surface area contributed by atoms with Gasteiger partial charge in [-0.25, -0.2) is 0 Å². The molecule has 0 aliphatic heterocycles. The predicted molar refractivity (Wildman–Crippen MR) is 28.3 cm³/mol. The Morgan fingerprint density at radius 1 is 1.40 bits per heavy atom. The van der Waals surface area contributed by atoms with Gasteiger partial charge in [0, 0.05) is 0 Å². The van der Waals surface area contributed by atoms with Crippen LogP contribution in [0.2, 0.25) is 0 Å². The molecule has 0 heterocycles. The van der Waals surface area contributed by atoms with Crippen LogP contribution in [0, 0.1) is 0 Å². The van der Waals surface area contributed by atoms with E-state index in [-0.39, 0.29) is 51.4 Å². The summed E-state index contributed by atoms with van der Waals surface area (Å²) in [4.78, 5) is 0. The van der Waals surface area contributed by atoms with Crippen LogP contribution in [0.25, 0.3) is 0 Å². The number of rotatable bonds is 0. The van der Waals surface area contributed by atoms with E-state index in [0.717, 1.165) is 0 Å². The first-order valence-electron chi connectivity index (χ1n) is 0.534. The van der Waals surface area contributed by atoms with Gasteiger partial charge in [0.25, 0.3) is 0 Å². The van der Waals surface area contributed by atoms with Gasteiger partial charge in [-0.15, -0.1) is 0 Å². The fraction of sp³-hybridized carbons (Fsp3) is 0. The average Bonchev–Trinajstić information content (AvgIpc) is 0.811. The summed E-state index contributed by atoms with van der Waals surface area (Å²) >= 11 is -1.69. The van der Waals surface area contributed by atoms with Gasteiger partial charge in [0.2, 0.25) is 0 Å². The van der Waals surface area contributed by atoms with Crippen molar-refractivity contribution in [2.45, 2.75) is 0 Å². The van der Waals surface area contributed by atoms with E-state index in [4.69, 9.17) is 5.63 Å². The predicted octanol–water partition coefficient (Wildman–Crippen LogP) is -0.381. The Labute approximate surface area is 89.8 Å². The molecule has 0 aliphatic rings. The van der Waals surface area contributed by atoms with Crippen molar-refractivity contribution < 1.29 is 5.63 Å². The Morgan fingerprint density at radius 3 is 1.40 bits per heavy atom. The van der Waals surface area contributed by atoms with Crippen LogP contribution >= 0.6 is 18.0 Å². The van der Waals surface area contributed by atoms with E-state index in [1.165, 1.54) is 18.0 Å². The molecule has 0 N–H and O–H groups in total. The summed E-state index contributed by atoms with van der Waals surface area (Å²) in [5.41, 5.74) is 0. The second-order valence-corrected chi connectivity index (χ2v) is 8.78. The van der Waals surface area contributed by atoms with E-state index >= 15 is 0 Å². The first-order chi connectivity index (χ1) is 1.73. The zero-order valence-corrected chi connectivity index (χ0v) is 7.28. The van der Waals surface area contributed by atoms with E-state index in [0.29, 0.717) is 0 Å². The first-order valence-corrected chi connectivity index (χ1v) is 13.2. The minimum absolute atomic E-state index is 0. The Balaban J connectivity index is 0. The Morgan fingerprint density at radius 2 is 1.40 bits per heavy atom. The standard InChI is InChI=1S/Bi.HI.K.2O.H/h;1H;;;;/q+1;;;;;/p-1. The molecule has 0 saturated carbocycles. The van der Waals surface area contributed by atoms with Crippen LogP contribution in [0.4, 0.5) is 0 Å². The van der Waals surface area contributed by atoms with Gasteiger partial charge in [-0.2, -0.15) is 0 Å². The Kier molecular flexibility index (Phi) is 14.7. The number of hydrogen-bond donors (Lipinski definition) is 0. The van der Waals surface area contributed by atoms with E-state index in [1.54, 1.807) is 0 Å². The van der Waals surface area contributed by atoms with Crippen LogP contribution in [0.5, 0.6) is 0 Å². The van der Waals surface area contributed by atoms with E-state index in [2.05, 4.69) is 0 Å². The average molecular weight is 408 g/mol. The molecule has 0 fully saturated rings. The van der Waals surface area contributed by atoms with Gasteiger partial charge in [0.1, 0.15) is 0 Å². The van der Waals surface area contributed by atoms with Gasteiger partial charge in [-0.3, -0.25) is 0 Å². The second kappa shape index (κ2) is 6.85. The molecular weight excluding hydrogens is 407 g/mol. The zero-order chi connectivity index (χ0) is 3.58. The van der Waals surface area contributed by atoms with Gasteiger partial charge in [-0.05, 0) is 0 Å². The molecule has 5 heavy (non-hydrogen) atoms. The van der Waals surface area contributed by atoms with Gasteiger partial charge in [0.05, 0.1) is 0 Å². The van der Waals surface area contributed by atoms with Crippen molar-refractivity contribution in [3.05, 3.63) is 0 Å². The normalized spacial score (nSPS) is 5.00. The van der Waals surface area contributed by atoms with Gasteiger partial charge in [-0.1, -0.05) is 0 Å². The summed E-state index contributed by atoms with van der Waals surface area (Å²) in [5.74, 6) is 0. The molecule has 0 saturated heterocycles. The second-order valence-electron chi connectivity index (χ2n) is 0.213. The molecule has 0 unspecified atom stereocenters. The molecule has 0 aromatic heterocycles. The summed E-state index contributed by atoms with van der Waals surface area (Å²) in [6.07, 6.45) is 0. The Bertz CT molecular complexity index is 58.0. The van der Waals surface area contributed by atoms with Crippen LogP contribution in [-0.4, -0.2) is 69.0 Å². The minimum atomic E-state index is -3.12. The van der Waals surface area contributed by atoms with Gasteiger partial charge in [0.15, 0.2) is 0 Å². The van der Waals surface area contributed by atoms with Crippen LogP contribution in [0.3, 0.4) is 0 Å². The monoisotopic (exact) mass is 408 g/mol. The molecule has 0 aliphatic carbocycles. The molecule has 0 bridgehead atoms. The van der Waals surface area contributed by atoms with Crippen LogP contribution in [0.15, 0.2) is 0 Å². The third kappa shape index (κ3) is 19.8. The van der Waals surface area contributed by atoms with Crippen molar-refractivity contribution in [2.24, 2.45) is 0 Å². The molecule has 0 aromatic rings. The van der Waals surface area contributed by atoms with Crippen molar-refractivity contribution in [3.8, 4) is 0 Å². The summed E-state index contributed by atoms with van der Waals surface area (Å²) in [5, 5.41) is 0. The third-order valence-electron chi connectivity index (χ3n) is 0. The molecule has 0 atom stereocenters. The van der Waals surface area contributed by atoms with Crippen LogP contribution < -0.4 is 0 Å². The van der Waals surface area contributed by atoms with E-state index in [9.17, 15) is 0 Å². The summed E-state index contributed by atoms with van der Waals surface area (Å²) in [6.45, 7) is 0. The fourth-order valence-electron chi connectivity index (χ4n) is 0. The maximum absolute atomic E-state index is 9.16. The first kappa shape index (κ1) is 10.8. The molecule has 5 heteroatoms. The molecule has 0 amide bonds. The van der Waals surface area contributed by atoms with E-state index < -0.39 is 17.6 Å². The van der Waals surface area contributed by atoms with Crippen molar-refractivity contribution in [1.82, 2.24) is 0 Å². The van der Waals surface area contributed by atoms with Crippen molar-refractivity contribution in [2.75, 3.05) is 0 Å². The van der Waals surface area contributed by atoms with Gasteiger partial charge >= 0.3 is 92.6 Å². The number of hydrogen-bond acceptors (Lipinski definition) is 2. The summed E-state index contributed by atoms with van der Waals surface area (Å²) < 4.78 is 18.3. The molecule has 26 valence electrons. The molecule has 2 nitrogen and oxygen atoms in total. The third-order valence-corrected chi connectivity index (χ3v) is 0. The van der Waals surface area contributed by atoms with Crippen LogP contribution in [-0.2, 0) is 5.63 Å². The topological polar surface area (TPSA) is 34.1 Å². The van der Waals surface area contributed by atoms with Gasteiger partial charge < -0.3 is 0 Å². The van der Waals surface area contributed by atoms with Crippen LogP contribution in [0.1, 0.15) is 0 Å². The Hall–Kier alpha value is 2.85. The van der Waals surface area contributed by atoms with Crippen molar-refractivity contribution >= 4 is 87.0 Å². The quantitative estimate of drug-likeness (QED) is 0.405. The summed E-state index contributed by atoms with van der Waals surface area (Å²) in [7, 11) is 0. The molecule has 0 radical (unpaired) electrons. The molecule has 0 spiro atoms. The SMILES string of the molecule is [KH].[O]=[Bi](=[O])[I]. The maximum atomic E-state index is 9.16.